The first-order valence-electron chi connectivity index (χ1n) is 4.82. The Kier molecular flexibility index (Phi) is 1.29. The fourth-order valence-corrected chi connectivity index (χ4v) is 2.46. The van der Waals surface area contributed by atoms with E-state index in [9.17, 15) is 0 Å². The van der Waals surface area contributed by atoms with Crippen molar-refractivity contribution in [3.05, 3.63) is 59.7 Å². The van der Waals surface area contributed by atoms with Crippen molar-refractivity contribution in [1.82, 2.24) is 0 Å². The zero-order valence-corrected chi connectivity index (χ0v) is 7.53. The minimum Gasteiger partial charge on any atom is -0.0739 e. The van der Waals surface area contributed by atoms with E-state index in [1.54, 1.807) is 0 Å². The second-order valence-electron chi connectivity index (χ2n) is 4.07. The Labute approximate surface area is 78.6 Å². The molecule has 13 heavy (non-hydrogen) atoms. The molecule has 1 spiro atoms. The van der Waals surface area contributed by atoms with Crippen LogP contribution in [0, 0.1) is 5.41 Å². The van der Waals surface area contributed by atoms with E-state index in [4.69, 9.17) is 0 Å². The molecule has 0 saturated heterocycles. The molecule has 1 aromatic carbocycles. The van der Waals surface area contributed by atoms with Gasteiger partial charge >= 0.3 is 0 Å². The van der Waals surface area contributed by atoms with Crippen molar-refractivity contribution in [3.8, 4) is 0 Å². The average Bonchev–Trinajstić information content (AvgIpc) is 2.72. The minimum absolute atomic E-state index is 0.337. The van der Waals surface area contributed by atoms with Crippen LogP contribution < -0.4 is 0 Å². The lowest BCUT2D eigenvalue weighted by molar-refractivity contribution is 0.536. The van der Waals surface area contributed by atoms with E-state index in [0.717, 1.165) is 0 Å². The number of benzene rings is 1. The Bertz CT molecular complexity index is 357. The SMILES string of the molecule is C1=CC2(C=C1)Cc1ccccc1C2. The highest BCUT2D eigenvalue weighted by Crippen LogP contribution is 2.41. The number of rotatable bonds is 0. The van der Waals surface area contributed by atoms with Gasteiger partial charge in [-0.15, -0.1) is 0 Å². The first kappa shape index (κ1) is 7.14. The van der Waals surface area contributed by atoms with E-state index in [1.165, 1.54) is 24.0 Å². The quantitative estimate of drug-likeness (QED) is 0.558. The maximum Gasteiger partial charge on any atom is 0.0148 e. The smallest absolute Gasteiger partial charge is 0.0148 e. The molecule has 0 aromatic heterocycles. The van der Waals surface area contributed by atoms with Crippen molar-refractivity contribution >= 4 is 0 Å². The first-order chi connectivity index (χ1) is 6.38. The van der Waals surface area contributed by atoms with E-state index in [1.807, 2.05) is 0 Å². The summed E-state index contributed by atoms with van der Waals surface area (Å²) < 4.78 is 0. The summed E-state index contributed by atoms with van der Waals surface area (Å²) >= 11 is 0. The highest BCUT2D eigenvalue weighted by Gasteiger charge is 2.33. The fourth-order valence-electron chi connectivity index (χ4n) is 2.46. The van der Waals surface area contributed by atoms with Crippen molar-refractivity contribution in [3.63, 3.8) is 0 Å². The third kappa shape index (κ3) is 0.983. The summed E-state index contributed by atoms with van der Waals surface area (Å²) in [5.41, 5.74) is 3.39. The molecule has 2 aliphatic carbocycles. The molecule has 0 heteroatoms. The molecule has 0 radical (unpaired) electrons. The highest BCUT2D eigenvalue weighted by molar-refractivity contribution is 5.41. The molecule has 0 N–H and O–H groups in total. The van der Waals surface area contributed by atoms with E-state index < -0.39 is 0 Å². The lowest BCUT2D eigenvalue weighted by Gasteiger charge is -2.16. The Morgan fingerprint density at radius 2 is 1.38 bits per heavy atom. The molecule has 1 aromatic rings. The molecule has 3 rings (SSSR count). The third-order valence-corrected chi connectivity index (χ3v) is 3.12. The Balaban J connectivity index is 2.06. The van der Waals surface area contributed by atoms with Gasteiger partial charge in [-0.25, -0.2) is 0 Å². The van der Waals surface area contributed by atoms with E-state index >= 15 is 0 Å². The van der Waals surface area contributed by atoms with Gasteiger partial charge in [0.2, 0.25) is 0 Å². The van der Waals surface area contributed by atoms with Crippen molar-refractivity contribution < 1.29 is 0 Å². The van der Waals surface area contributed by atoms with Gasteiger partial charge in [-0.05, 0) is 24.0 Å². The molecule has 64 valence electrons. The van der Waals surface area contributed by atoms with Crippen LogP contribution in [0.15, 0.2) is 48.6 Å². The molecule has 0 nitrogen and oxygen atoms in total. The predicted octanol–water partition coefficient (Wildman–Crippen LogP) is 2.90. The van der Waals surface area contributed by atoms with Gasteiger partial charge in [0, 0.05) is 5.41 Å². The van der Waals surface area contributed by atoms with E-state index in [-0.39, 0.29) is 0 Å². The Morgan fingerprint density at radius 1 is 0.846 bits per heavy atom. The topological polar surface area (TPSA) is 0 Å². The predicted molar refractivity (Wildman–Crippen MR) is 54.6 cm³/mol. The second kappa shape index (κ2) is 2.35. The van der Waals surface area contributed by atoms with Gasteiger partial charge in [-0.1, -0.05) is 48.6 Å². The van der Waals surface area contributed by atoms with Crippen LogP contribution in [-0.4, -0.2) is 0 Å². The van der Waals surface area contributed by atoms with Gasteiger partial charge in [0.15, 0.2) is 0 Å². The summed E-state index contributed by atoms with van der Waals surface area (Å²) in [4.78, 5) is 0. The monoisotopic (exact) mass is 168 g/mol. The fraction of sp³-hybridized carbons (Fsp3) is 0.231. The average molecular weight is 168 g/mol. The van der Waals surface area contributed by atoms with Crippen LogP contribution in [0.2, 0.25) is 0 Å². The normalized spacial score (nSPS) is 21.2. The Hall–Kier alpha value is -1.30. The summed E-state index contributed by atoms with van der Waals surface area (Å²) in [5, 5.41) is 0. The van der Waals surface area contributed by atoms with E-state index in [2.05, 4.69) is 48.6 Å². The maximum atomic E-state index is 2.34. The maximum absolute atomic E-state index is 2.34. The first-order valence-corrected chi connectivity index (χ1v) is 4.82. The molecule has 0 fully saturated rings. The molecular weight excluding hydrogens is 156 g/mol. The van der Waals surface area contributed by atoms with Crippen LogP contribution in [0.3, 0.4) is 0 Å². The molecular formula is C13H12. The van der Waals surface area contributed by atoms with E-state index in [0.29, 0.717) is 5.41 Å². The van der Waals surface area contributed by atoms with Crippen LogP contribution >= 0.6 is 0 Å². The second-order valence-corrected chi connectivity index (χ2v) is 4.07. The van der Waals surface area contributed by atoms with Crippen molar-refractivity contribution in [2.24, 2.45) is 5.41 Å². The standard InChI is InChI=1S/C13H12/c1-2-6-12-10-13(7-3-4-8-13)9-11(12)5-1/h1-8H,9-10H2. The van der Waals surface area contributed by atoms with Crippen LogP contribution in [-0.2, 0) is 12.8 Å². The van der Waals surface area contributed by atoms with Crippen LogP contribution in [0.5, 0.6) is 0 Å². The summed E-state index contributed by atoms with van der Waals surface area (Å²) in [5.74, 6) is 0. The molecule has 0 saturated carbocycles. The van der Waals surface area contributed by atoms with Crippen molar-refractivity contribution in [1.29, 1.82) is 0 Å². The van der Waals surface area contributed by atoms with Crippen molar-refractivity contribution in [2.45, 2.75) is 12.8 Å². The number of allylic oxidation sites excluding steroid dienone is 4. The third-order valence-electron chi connectivity index (χ3n) is 3.12. The van der Waals surface area contributed by atoms with Crippen LogP contribution in [0.4, 0.5) is 0 Å². The van der Waals surface area contributed by atoms with Gasteiger partial charge in [0.25, 0.3) is 0 Å². The van der Waals surface area contributed by atoms with Gasteiger partial charge < -0.3 is 0 Å². The summed E-state index contributed by atoms with van der Waals surface area (Å²) in [7, 11) is 0. The summed E-state index contributed by atoms with van der Waals surface area (Å²) in [6, 6.07) is 8.79. The highest BCUT2D eigenvalue weighted by atomic mass is 14.4. The summed E-state index contributed by atoms with van der Waals surface area (Å²) in [6.07, 6.45) is 11.4. The Morgan fingerprint density at radius 3 is 1.92 bits per heavy atom. The van der Waals surface area contributed by atoms with Gasteiger partial charge in [-0.2, -0.15) is 0 Å². The lowest BCUT2D eigenvalue weighted by Crippen LogP contribution is -2.12. The molecule has 0 bridgehead atoms. The lowest BCUT2D eigenvalue weighted by atomic mass is 9.87. The summed E-state index contributed by atoms with van der Waals surface area (Å²) in [6.45, 7) is 0. The van der Waals surface area contributed by atoms with Crippen LogP contribution in [0.25, 0.3) is 0 Å². The van der Waals surface area contributed by atoms with Gasteiger partial charge in [-0.3, -0.25) is 0 Å². The molecule has 0 amide bonds. The largest absolute Gasteiger partial charge is 0.0739 e. The number of hydrogen-bond acceptors (Lipinski definition) is 0. The number of fused-ring (bicyclic) bond motifs is 1. The molecule has 0 aliphatic heterocycles. The van der Waals surface area contributed by atoms with Gasteiger partial charge in [0.1, 0.15) is 0 Å². The molecule has 2 aliphatic rings. The molecule has 0 unspecified atom stereocenters. The zero-order chi connectivity index (χ0) is 8.73. The minimum atomic E-state index is 0.337. The number of hydrogen-bond donors (Lipinski definition) is 0. The molecule has 0 heterocycles. The zero-order valence-electron chi connectivity index (χ0n) is 7.53. The van der Waals surface area contributed by atoms with Gasteiger partial charge in [0.05, 0.1) is 0 Å². The molecule has 0 atom stereocenters. The van der Waals surface area contributed by atoms with Crippen LogP contribution in [0.1, 0.15) is 11.1 Å². The van der Waals surface area contributed by atoms with Crippen molar-refractivity contribution in [2.75, 3.05) is 0 Å².